The van der Waals surface area contributed by atoms with E-state index in [1.54, 1.807) is 6.20 Å². The Morgan fingerprint density at radius 2 is 2.04 bits per heavy atom. The van der Waals surface area contributed by atoms with Gasteiger partial charge in [0.05, 0.1) is 17.4 Å². The first kappa shape index (κ1) is 16.1. The zero-order valence-electron chi connectivity index (χ0n) is 15.2. The van der Waals surface area contributed by atoms with E-state index in [-0.39, 0.29) is 6.04 Å². The molecule has 0 radical (unpaired) electrons. The molecular formula is C20H21N7. The highest BCUT2D eigenvalue weighted by Gasteiger charge is 2.30. The molecule has 136 valence electrons. The average molecular weight is 359 g/mol. The van der Waals surface area contributed by atoms with Crippen molar-refractivity contribution < 1.29 is 0 Å². The minimum atomic E-state index is 0.237. The highest BCUT2D eigenvalue weighted by molar-refractivity contribution is 5.65. The number of nitrogens with zero attached hydrogens (tertiary/aromatic N) is 6. The van der Waals surface area contributed by atoms with E-state index in [4.69, 9.17) is 4.98 Å². The minimum absolute atomic E-state index is 0.237. The number of nitrogens with one attached hydrogen (secondary N) is 1. The van der Waals surface area contributed by atoms with Gasteiger partial charge in [-0.05, 0) is 32.4 Å². The summed E-state index contributed by atoms with van der Waals surface area (Å²) < 4.78 is 2.10. The van der Waals surface area contributed by atoms with Crippen LogP contribution in [0.5, 0.6) is 0 Å². The lowest BCUT2D eigenvalue weighted by Crippen LogP contribution is -2.24. The molecule has 4 heterocycles. The van der Waals surface area contributed by atoms with Crippen LogP contribution in [-0.2, 0) is 6.54 Å². The van der Waals surface area contributed by atoms with Crippen molar-refractivity contribution in [2.24, 2.45) is 0 Å². The summed E-state index contributed by atoms with van der Waals surface area (Å²) in [6.07, 6.45) is 6.05. The lowest BCUT2D eigenvalue weighted by atomic mass is 10.1. The van der Waals surface area contributed by atoms with E-state index < -0.39 is 0 Å². The number of benzene rings is 1. The summed E-state index contributed by atoms with van der Waals surface area (Å²) >= 11 is 0. The van der Waals surface area contributed by atoms with E-state index in [2.05, 4.69) is 41.6 Å². The smallest absolute Gasteiger partial charge is 0.234 e. The van der Waals surface area contributed by atoms with Crippen molar-refractivity contribution in [3.05, 3.63) is 66.1 Å². The number of fused-ring (bicyclic) bond motifs is 1. The van der Waals surface area contributed by atoms with E-state index in [0.29, 0.717) is 0 Å². The van der Waals surface area contributed by atoms with Crippen LogP contribution in [0.25, 0.3) is 17.0 Å². The number of aromatic amines is 1. The Balaban J connectivity index is 1.56. The summed E-state index contributed by atoms with van der Waals surface area (Å²) in [6, 6.07) is 12.5. The first-order chi connectivity index (χ1) is 13.3. The fourth-order valence-corrected chi connectivity index (χ4v) is 3.92. The molecule has 7 nitrogen and oxygen atoms in total. The molecule has 0 aliphatic carbocycles. The van der Waals surface area contributed by atoms with E-state index in [0.717, 1.165) is 60.3 Å². The fraction of sp³-hybridized carbons (Fsp3) is 0.300. The predicted molar refractivity (Wildman–Crippen MR) is 102 cm³/mol. The van der Waals surface area contributed by atoms with Crippen LogP contribution in [0.15, 0.2) is 48.8 Å². The van der Waals surface area contributed by atoms with Gasteiger partial charge >= 0.3 is 0 Å². The van der Waals surface area contributed by atoms with Gasteiger partial charge in [0.25, 0.3) is 0 Å². The van der Waals surface area contributed by atoms with Crippen LogP contribution in [0.4, 0.5) is 0 Å². The summed E-state index contributed by atoms with van der Waals surface area (Å²) in [5.74, 6) is 2.48. The van der Waals surface area contributed by atoms with E-state index >= 15 is 0 Å². The van der Waals surface area contributed by atoms with Gasteiger partial charge in [-0.2, -0.15) is 5.10 Å². The molecule has 1 aliphatic rings. The van der Waals surface area contributed by atoms with Crippen LogP contribution < -0.4 is 0 Å². The van der Waals surface area contributed by atoms with Crippen molar-refractivity contribution in [1.29, 1.82) is 0 Å². The average Bonchev–Trinajstić information content (AvgIpc) is 3.42. The molecule has 5 rings (SSSR count). The number of imidazole rings is 1. The number of hydrogen-bond acceptors (Lipinski definition) is 5. The van der Waals surface area contributed by atoms with Gasteiger partial charge in [0.15, 0.2) is 5.82 Å². The van der Waals surface area contributed by atoms with E-state index in [9.17, 15) is 0 Å². The molecule has 1 atom stereocenters. The molecule has 27 heavy (non-hydrogen) atoms. The Bertz CT molecular complexity index is 1070. The van der Waals surface area contributed by atoms with Gasteiger partial charge in [0.2, 0.25) is 5.78 Å². The molecule has 1 saturated heterocycles. The zero-order chi connectivity index (χ0) is 18.2. The third-order valence-electron chi connectivity index (χ3n) is 5.18. The Morgan fingerprint density at radius 3 is 2.85 bits per heavy atom. The zero-order valence-corrected chi connectivity index (χ0v) is 15.2. The molecule has 0 saturated carbocycles. The maximum Gasteiger partial charge on any atom is 0.234 e. The molecule has 0 unspecified atom stereocenters. The molecule has 0 amide bonds. The summed E-state index contributed by atoms with van der Waals surface area (Å²) in [6.45, 7) is 3.76. The monoisotopic (exact) mass is 359 g/mol. The van der Waals surface area contributed by atoms with Crippen LogP contribution in [0, 0.1) is 6.92 Å². The SMILES string of the molecule is Cc1nc([C@@H]2CCCN2Cc2c(-c3ccccc3)nc3ncccn23)n[nH]1. The van der Waals surface area contributed by atoms with Gasteiger partial charge in [-0.1, -0.05) is 30.3 Å². The number of hydrogen-bond donors (Lipinski definition) is 1. The summed E-state index contributed by atoms with van der Waals surface area (Å²) in [5, 5.41) is 7.38. The summed E-state index contributed by atoms with van der Waals surface area (Å²) in [7, 11) is 0. The first-order valence-electron chi connectivity index (χ1n) is 9.30. The number of rotatable bonds is 4. The molecule has 0 bridgehead atoms. The molecule has 0 spiro atoms. The number of likely N-dealkylation sites (tertiary alicyclic amines) is 1. The molecule has 1 N–H and O–H groups in total. The second kappa shape index (κ2) is 6.59. The third kappa shape index (κ3) is 2.90. The second-order valence-corrected chi connectivity index (χ2v) is 6.97. The quantitative estimate of drug-likeness (QED) is 0.606. The topological polar surface area (TPSA) is 75.0 Å². The number of aromatic nitrogens is 6. The molecule has 1 aliphatic heterocycles. The lowest BCUT2D eigenvalue weighted by molar-refractivity contribution is 0.237. The van der Waals surface area contributed by atoms with Gasteiger partial charge < -0.3 is 0 Å². The highest BCUT2D eigenvalue weighted by atomic mass is 15.3. The normalized spacial score (nSPS) is 17.7. The predicted octanol–water partition coefficient (Wildman–Crippen LogP) is 3.16. The van der Waals surface area contributed by atoms with Crippen LogP contribution in [0.2, 0.25) is 0 Å². The molecule has 1 fully saturated rings. The molecular weight excluding hydrogens is 338 g/mol. The number of aryl methyl sites for hydroxylation is 1. The summed E-state index contributed by atoms with van der Waals surface area (Å²) in [5.41, 5.74) is 3.26. The van der Waals surface area contributed by atoms with Gasteiger partial charge in [-0.3, -0.25) is 14.4 Å². The molecule has 3 aromatic heterocycles. The Morgan fingerprint density at radius 1 is 1.15 bits per heavy atom. The lowest BCUT2D eigenvalue weighted by Gasteiger charge is -2.22. The van der Waals surface area contributed by atoms with Gasteiger partial charge in [0, 0.05) is 24.5 Å². The first-order valence-corrected chi connectivity index (χ1v) is 9.30. The molecule has 1 aromatic carbocycles. The van der Waals surface area contributed by atoms with Crippen molar-refractivity contribution >= 4 is 5.78 Å². The standard InChI is InChI=1S/C20H21N7/c1-14-22-19(25-24-14)16-9-5-11-26(16)13-17-18(15-7-3-2-4-8-15)23-20-21-10-6-12-27(17)20/h2-4,6-8,10,12,16H,5,9,11,13H2,1H3,(H,22,24,25)/t16-/m0/s1. The van der Waals surface area contributed by atoms with E-state index in [1.165, 1.54) is 0 Å². The van der Waals surface area contributed by atoms with Gasteiger partial charge in [-0.25, -0.2) is 15.0 Å². The summed E-state index contributed by atoms with van der Waals surface area (Å²) in [4.78, 5) is 16.3. The van der Waals surface area contributed by atoms with Crippen LogP contribution in [-0.4, -0.2) is 41.0 Å². The van der Waals surface area contributed by atoms with Gasteiger partial charge in [0.1, 0.15) is 5.82 Å². The largest absolute Gasteiger partial charge is 0.287 e. The number of H-pyrrole nitrogens is 1. The Labute approximate surface area is 157 Å². The Kier molecular flexibility index (Phi) is 3.94. The third-order valence-corrected chi connectivity index (χ3v) is 5.18. The molecule has 4 aromatic rings. The van der Waals surface area contributed by atoms with Crippen molar-refractivity contribution in [3.63, 3.8) is 0 Å². The van der Waals surface area contributed by atoms with Gasteiger partial charge in [-0.15, -0.1) is 0 Å². The fourth-order valence-electron chi connectivity index (χ4n) is 3.92. The minimum Gasteiger partial charge on any atom is -0.287 e. The Hall–Kier alpha value is -3.06. The van der Waals surface area contributed by atoms with Crippen molar-refractivity contribution in [1.82, 2.24) is 34.4 Å². The van der Waals surface area contributed by atoms with Crippen molar-refractivity contribution in [3.8, 4) is 11.3 Å². The van der Waals surface area contributed by atoms with Crippen molar-refractivity contribution in [2.75, 3.05) is 6.54 Å². The van der Waals surface area contributed by atoms with E-state index in [1.807, 2.05) is 37.4 Å². The highest BCUT2D eigenvalue weighted by Crippen LogP contribution is 2.33. The maximum absolute atomic E-state index is 4.81. The molecule has 7 heteroatoms. The van der Waals surface area contributed by atoms with Crippen molar-refractivity contribution in [2.45, 2.75) is 32.4 Å². The maximum atomic E-state index is 4.81. The van der Waals surface area contributed by atoms with Crippen LogP contribution in [0.1, 0.15) is 36.2 Å². The second-order valence-electron chi connectivity index (χ2n) is 6.97. The van der Waals surface area contributed by atoms with Crippen LogP contribution >= 0.6 is 0 Å². The van der Waals surface area contributed by atoms with Crippen LogP contribution in [0.3, 0.4) is 0 Å².